The maximum absolute atomic E-state index is 5.45. The van der Waals surface area contributed by atoms with Gasteiger partial charge < -0.3 is 10.3 Å². The monoisotopic (exact) mass is 192 g/mol. The van der Waals surface area contributed by atoms with Crippen molar-refractivity contribution in [2.24, 2.45) is 12.8 Å². The van der Waals surface area contributed by atoms with Gasteiger partial charge in [0.15, 0.2) is 0 Å². The van der Waals surface area contributed by atoms with Crippen LogP contribution in [0.15, 0.2) is 18.7 Å². The molecule has 2 rings (SSSR count). The molecule has 2 aromatic rings. The molecule has 6 nitrogen and oxygen atoms in total. The molecule has 0 amide bonds. The van der Waals surface area contributed by atoms with Gasteiger partial charge in [-0.2, -0.15) is 0 Å². The summed E-state index contributed by atoms with van der Waals surface area (Å²) in [5.74, 6) is 0. The van der Waals surface area contributed by atoms with Crippen LogP contribution in [0.5, 0.6) is 0 Å². The maximum Gasteiger partial charge on any atom is 0.102 e. The maximum atomic E-state index is 5.45. The molecule has 0 fully saturated rings. The van der Waals surface area contributed by atoms with Crippen LogP contribution in [0.1, 0.15) is 11.4 Å². The first-order valence-corrected chi connectivity index (χ1v) is 4.34. The lowest BCUT2D eigenvalue weighted by Crippen LogP contribution is -1.98. The van der Waals surface area contributed by atoms with Crippen LogP contribution >= 0.6 is 0 Å². The van der Waals surface area contributed by atoms with Gasteiger partial charge >= 0.3 is 0 Å². The summed E-state index contributed by atoms with van der Waals surface area (Å²) in [6, 6.07) is 0. The van der Waals surface area contributed by atoms with Crippen molar-refractivity contribution in [3.05, 3.63) is 30.1 Å². The smallest absolute Gasteiger partial charge is 0.102 e. The highest BCUT2D eigenvalue weighted by atomic mass is 15.4. The van der Waals surface area contributed by atoms with E-state index < -0.39 is 0 Å². The molecule has 74 valence electrons. The molecule has 0 radical (unpaired) electrons. The summed E-state index contributed by atoms with van der Waals surface area (Å²) in [6.45, 7) is 1.15. The van der Waals surface area contributed by atoms with Crippen LogP contribution in [-0.2, 0) is 20.1 Å². The highest BCUT2D eigenvalue weighted by molar-refractivity contribution is 5.00. The van der Waals surface area contributed by atoms with E-state index in [4.69, 9.17) is 5.73 Å². The first-order valence-electron chi connectivity index (χ1n) is 4.34. The molecule has 0 atom stereocenters. The largest absolute Gasteiger partial charge is 0.331 e. The van der Waals surface area contributed by atoms with Crippen molar-refractivity contribution in [2.75, 3.05) is 0 Å². The molecule has 0 bridgehead atoms. The fourth-order valence-electron chi connectivity index (χ4n) is 1.25. The van der Waals surface area contributed by atoms with Gasteiger partial charge in [0.2, 0.25) is 0 Å². The number of nitrogens with two attached hydrogens (primary N) is 1. The Labute approximate surface area is 81.4 Å². The Hall–Kier alpha value is -1.69. The predicted octanol–water partition coefficient (Wildman–Crippen LogP) is -0.481. The fraction of sp³-hybridized carbons (Fsp3) is 0.375. The van der Waals surface area contributed by atoms with Crippen LogP contribution in [-0.4, -0.2) is 24.5 Å². The molecule has 0 aliphatic heterocycles. The van der Waals surface area contributed by atoms with Crippen molar-refractivity contribution in [1.82, 2.24) is 24.5 Å². The lowest BCUT2D eigenvalue weighted by molar-refractivity contribution is 0.709. The van der Waals surface area contributed by atoms with Crippen molar-refractivity contribution in [2.45, 2.75) is 13.1 Å². The highest BCUT2D eigenvalue weighted by Crippen LogP contribution is 1.99. The number of nitrogens with zero attached hydrogens (tertiary/aromatic N) is 5. The Bertz CT molecular complexity index is 415. The van der Waals surface area contributed by atoms with Gasteiger partial charge in [-0.05, 0) is 0 Å². The highest BCUT2D eigenvalue weighted by Gasteiger charge is 2.00. The van der Waals surface area contributed by atoms with E-state index in [0.29, 0.717) is 13.1 Å². The Kier molecular flexibility index (Phi) is 2.28. The lowest BCUT2D eigenvalue weighted by atomic mass is 10.4. The average Bonchev–Trinajstić information content (AvgIpc) is 2.76. The van der Waals surface area contributed by atoms with Crippen LogP contribution in [0.4, 0.5) is 0 Å². The van der Waals surface area contributed by atoms with E-state index in [1.165, 1.54) is 0 Å². The zero-order valence-corrected chi connectivity index (χ0v) is 7.96. The summed E-state index contributed by atoms with van der Waals surface area (Å²) < 4.78 is 3.61. The third-order valence-corrected chi connectivity index (χ3v) is 1.89. The Morgan fingerprint density at radius 3 is 2.79 bits per heavy atom. The second kappa shape index (κ2) is 3.59. The molecule has 0 saturated carbocycles. The summed E-state index contributed by atoms with van der Waals surface area (Å²) in [4.78, 5) is 4.12. The van der Waals surface area contributed by atoms with E-state index in [1.54, 1.807) is 11.0 Å². The zero-order chi connectivity index (χ0) is 9.97. The average molecular weight is 192 g/mol. The van der Waals surface area contributed by atoms with Crippen molar-refractivity contribution in [3.8, 4) is 0 Å². The number of aryl methyl sites for hydroxylation is 1. The minimum absolute atomic E-state index is 0.466. The van der Waals surface area contributed by atoms with Gasteiger partial charge in [-0.1, -0.05) is 5.21 Å². The first kappa shape index (κ1) is 8.89. The van der Waals surface area contributed by atoms with Crippen LogP contribution in [0, 0.1) is 0 Å². The molecule has 0 aliphatic carbocycles. The van der Waals surface area contributed by atoms with Gasteiger partial charge in [-0.25, -0.2) is 4.98 Å². The van der Waals surface area contributed by atoms with Crippen LogP contribution < -0.4 is 5.73 Å². The molecule has 2 heterocycles. The number of aromatic nitrogens is 5. The summed E-state index contributed by atoms with van der Waals surface area (Å²) in [5, 5.41) is 7.83. The molecule has 0 spiro atoms. The molecule has 6 heteroatoms. The minimum atomic E-state index is 0.466. The van der Waals surface area contributed by atoms with Gasteiger partial charge in [0.25, 0.3) is 0 Å². The molecule has 0 aliphatic rings. The minimum Gasteiger partial charge on any atom is -0.331 e. The molecular weight excluding hydrogens is 180 g/mol. The van der Waals surface area contributed by atoms with E-state index in [1.807, 2.05) is 24.0 Å². The zero-order valence-electron chi connectivity index (χ0n) is 7.96. The van der Waals surface area contributed by atoms with Gasteiger partial charge in [0.05, 0.1) is 18.6 Å². The summed E-state index contributed by atoms with van der Waals surface area (Å²) in [6.07, 6.45) is 5.54. The summed E-state index contributed by atoms with van der Waals surface area (Å²) >= 11 is 0. The van der Waals surface area contributed by atoms with Gasteiger partial charge in [-0.15, -0.1) is 5.10 Å². The normalized spacial score (nSPS) is 10.7. The van der Waals surface area contributed by atoms with Crippen molar-refractivity contribution in [3.63, 3.8) is 0 Å². The molecular formula is C8H12N6. The second-order valence-corrected chi connectivity index (χ2v) is 3.13. The van der Waals surface area contributed by atoms with Crippen molar-refractivity contribution < 1.29 is 0 Å². The molecule has 0 unspecified atom stereocenters. The van der Waals surface area contributed by atoms with E-state index in [0.717, 1.165) is 11.4 Å². The van der Waals surface area contributed by atoms with E-state index in [9.17, 15) is 0 Å². The number of imidazole rings is 1. The van der Waals surface area contributed by atoms with Gasteiger partial charge in [0.1, 0.15) is 5.69 Å². The quantitative estimate of drug-likeness (QED) is 0.712. The van der Waals surface area contributed by atoms with Gasteiger partial charge in [-0.3, -0.25) is 4.68 Å². The number of hydrogen-bond acceptors (Lipinski definition) is 4. The molecule has 2 aromatic heterocycles. The first-order chi connectivity index (χ1) is 6.78. The summed E-state index contributed by atoms with van der Waals surface area (Å²) in [7, 11) is 1.84. The fourth-order valence-corrected chi connectivity index (χ4v) is 1.25. The standard InChI is InChI=1S/C8H12N6/c1-13-3-8(11-12-13)5-14-4-7(2-9)10-6-14/h3-4,6H,2,5,9H2,1H3. The van der Waals surface area contributed by atoms with Crippen molar-refractivity contribution >= 4 is 0 Å². The SMILES string of the molecule is Cn1cc(Cn2cnc(CN)c2)nn1. The Morgan fingerprint density at radius 2 is 2.21 bits per heavy atom. The number of rotatable bonds is 3. The summed E-state index contributed by atoms with van der Waals surface area (Å²) in [5.41, 5.74) is 7.25. The Morgan fingerprint density at radius 1 is 1.36 bits per heavy atom. The van der Waals surface area contributed by atoms with Crippen LogP contribution in [0.2, 0.25) is 0 Å². The second-order valence-electron chi connectivity index (χ2n) is 3.13. The molecule has 0 aromatic carbocycles. The lowest BCUT2D eigenvalue weighted by Gasteiger charge is -1.95. The molecule has 2 N–H and O–H groups in total. The van der Waals surface area contributed by atoms with Crippen molar-refractivity contribution in [1.29, 1.82) is 0 Å². The van der Waals surface area contributed by atoms with Gasteiger partial charge in [0, 0.05) is 26.0 Å². The third kappa shape index (κ3) is 1.80. The van der Waals surface area contributed by atoms with E-state index in [-0.39, 0.29) is 0 Å². The Balaban J connectivity index is 2.10. The topological polar surface area (TPSA) is 74.5 Å². The van der Waals surface area contributed by atoms with E-state index >= 15 is 0 Å². The number of hydrogen-bond donors (Lipinski definition) is 1. The van der Waals surface area contributed by atoms with E-state index in [2.05, 4.69) is 15.3 Å². The van der Waals surface area contributed by atoms with Crippen LogP contribution in [0.25, 0.3) is 0 Å². The van der Waals surface area contributed by atoms with Crippen LogP contribution in [0.3, 0.4) is 0 Å². The third-order valence-electron chi connectivity index (χ3n) is 1.89. The molecule has 0 saturated heterocycles. The molecule has 14 heavy (non-hydrogen) atoms. The predicted molar refractivity (Wildman–Crippen MR) is 50.2 cm³/mol.